The van der Waals surface area contributed by atoms with Crippen molar-refractivity contribution < 1.29 is 9.84 Å². The van der Waals surface area contributed by atoms with Gasteiger partial charge in [-0.2, -0.15) is 0 Å². The van der Waals surface area contributed by atoms with E-state index in [1.807, 2.05) is 6.92 Å². The third-order valence-electron chi connectivity index (χ3n) is 6.26. The second-order valence-corrected chi connectivity index (χ2v) is 9.69. The molecule has 1 fully saturated rings. The number of β-amino-alcohol motifs (C(OH)–C–C–N with tert-alkyl or cyclic N) is 1. The van der Waals surface area contributed by atoms with E-state index in [0.29, 0.717) is 19.6 Å². The first-order chi connectivity index (χ1) is 14.8. The molecule has 0 aromatic heterocycles. The molecule has 3 N–H and O–H groups in total. The molecule has 7 nitrogen and oxygen atoms in total. The zero-order chi connectivity index (χ0) is 22.3. The van der Waals surface area contributed by atoms with Crippen LogP contribution in [0.15, 0.2) is 29.3 Å². The van der Waals surface area contributed by atoms with Crippen LogP contribution in [0, 0.1) is 0 Å². The highest BCUT2D eigenvalue weighted by atomic mass is 16.5. The van der Waals surface area contributed by atoms with E-state index in [4.69, 9.17) is 9.73 Å². The lowest BCUT2D eigenvalue weighted by Crippen LogP contribution is -2.53. The van der Waals surface area contributed by atoms with E-state index in [-0.39, 0.29) is 5.54 Å². The number of morpholine rings is 1. The summed E-state index contributed by atoms with van der Waals surface area (Å²) in [6, 6.07) is 8.74. The Hall–Kier alpha value is -1.67. The highest BCUT2D eigenvalue weighted by Gasteiger charge is 2.30. The van der Waals surface area contributed by atoms with Crippen molar-refractivity contribution in [3.8, 4) is 0 Å². The predicted molar refractivity (Wildman–Crippen MR) is 126 cm³/mol. The molecule has 0 spiro atoms. The quantitative estimate of drug-likeness (QED) is 0.428. The molecule has 0 bridgehead atoms. The van der Waals surface area contributed by atoms with E-state index in [1.165, 1.54) is 11.1 Å². The van der Waals surface area contributed by atoms with Crippen molar-refractivity contribution in [3.63, 3.8) is 0 Å². The number of fused-ring (bicyclic) bond motifs is 1. The molecule has 7 heteroatoms. The number of benzene rings is 1. The van der Waals surface area contributed by atoms with Crippen molar-refractivity contribution in [2.75, 3.05) is 59.0 Å². The summed E-state index contributed by atoms with van der Waals surface area (Å²) in [5, 5.41) is 17.6. The Morgan fingerprint density at radius 3 is 2.52 bits per heavy atom. The lowest BCUT2D eigenvalue weighted by atomic mass is 9.94. The van der Waals surface area contributed by atoms with Gasteiger partial charge < -0.3 is 20.5 Å². The fourth-order valence-corrected chi connectivity index (χ4v) is 4.30. The first-order valence-electron chi connectivity index (χ1n) is 11.7. The second kappa shape index (κ2) is 10.8. The number of nitrogens with zero attached hydrogens (tertiary/aromatic N) is 3. The number of guanidine groups is 1. The molecule has 1 atom stereocenters. The van der Waals surface area contributed by atoms with Crippen molar-refractivity contribution in [1.29, 1.82) is 0 Å². The summed E-state index contributed by atoms with van der Waals surface area (Å²) in [4.78, 5) is 9.66. The highest BCUT2D eigenvalue weighted by Crippen LogP contribution is 2.25. The van der Waals surface area contributed by atoms with Gasteiger partial charge in [0.1, 0.15) is 0 Å². The highest BCUT2D eigenvalue weighted by molar-refractivity contribution is 5.79. The summed E-state index contributed by atoms with van der Waals surface area (Å²) in [5.41, 5.74) is 2.01. The molecule has 1 aromatic rings. The molecule has 0 amide bonds. The SMILES string of the molecule is CCNC(=NCC(C)(C)N1CCc2ccccc2C1)NCC(C)(O)CN1CCOCC1. The predicted octanol–water partition coefficient (Wildman–Crippen LogP) is 1.46. The Balaban J connectivity index is 1.55. The first-order valence-corrected chi connectivity index (χ1v) is 11.7. The molecule has 2 aliphatic heterocycles. The van der Waals surface area contributed by atoms with Gasteiger partial charge in [-0.05, 0) is 45.2 Å². The molecule has 1 unspecified atom stereocenters. The minimum Gasteiger partial charge on any atom is -0.387 e. The molecule has 2 heterocycles. The molecule has 0 radical (unpaired) electrons. The third-order valence-corrected chi connectivity index (χ3v) is 6.26. The number of hydrogen-bond acceptors (Lipinski definition) is 5. The smallest absolute Gasteiger partial charge is 0.191 e. The molecule has 0 aliphatic carbocycles. The Bertz CT molecular complexity index is 728. The van der Waals surface area contributed by atoms with Crippen LogP contribution in [0.1, 0.15) is 38.8 Å². The number of hydrogen-bond donors (Lipinski definition) is 3. The third kappa shape index (κ3) is 7.17. The number of aliphatic imine (C=N–C) groups is 1. The fourth-order valence-electron chi connectivity index (χ4n) is 4.30. The zero-order valence-corrected chi connectivity index (χ0v) is 19.8. The molecule has 31 heavy (non-hydrogen) atoms. The van der Waals surface area contributed by atoms with E-state index in [9.17, 15) is 5.11 Å². The fraction of sp³-hybridized carbons (Fsp3) is 0.708. The van der Waals surface area contributed by atoms with Gasteiger partial charge in [-0.15, -0.1) is 0 Å². The Kier molecular flexibility index (Phi) is 8.33. The van der Waals surface area contributed by atoms with Gasteiger partial charge in [0.25, 0.3) is 0 Å². The van der Waals surface area contributed by atoms with Gasteiger partial charge in [0.15, 0.2) is 5.96 Å². The van der Waals surface area contributed by atoms with Crippen molar-refractivity contribution in [2.45, 2.75) is 51.8 Å². The zero-order valence-electron chi connectivity index (χ0n) is 19.8. The maximum atomic E-state index is 10.9. The van der Waals surface area contributed by atoms with Crippen LogP contribution in [0.25, 0.3) is 0 Å². The summed E-state index contributed by atoms with van der Waals surface area (Å²) >= 11 is 0. The Morgan fingerprint density at radius 1 is 1.10 bits per heavy atom. The minimum absolute atomic E-state index is 0.0494. The maximum Gasteiger partial charge on any atom is 0.191 e. The van der Waals surface area contributed by atoms with Crippen LogP contribution in [-0.4, -0.2) is 91.0 Å². The summed E-state index contributed by atoms with van der Waals surface area (Å²) in [6.45, 7) is 16.3. The molecule has 174 valence electrons. The lowest BCUT2D eigenvalue weighted by molar-refractivity contribution is -0.0201. The lowest BCUT2D eigenvalue weighted by Gasteiger charge is -2.41. The number of nitrogens with one attached hydrogen (secondary N) is 2. The van der Waals surface area contributed by atoms with Crippen LogP contribution in [0.2, 0.25) is 0 Å². The van der Waals surface area contributed by atoms with Crippen molar-refractivity contribution >= 4 is 5.96 Å². The largest absolute Gasteiger partial charge is 0.387 e. The average molecular weight is 432 g/mol. The van der Waals surface area contributed by atoms with Gasteiger partial charge in [0, 0.05) is 51.4 Å². The van der Waals surface area contributed by atoms with Gasteiger partial charge in [-0.3, -0.25) is 14.8 Å². The van der Waals surface area contributed by atoms with Gasteiger partial charge in [-0.25, -0.2) is 0 Å². The van der Waals surface area contributed by atoms with Crippen LogP contribution in [0.4, 0.5) is 0 Å². The molecular weight excluding hydrogens is 390 g/mol. The number of aliphatic hydroxyl groups is 1. The van der Waals surface area contributed by atoms with Crippen LogP contribution in [0.3, 0.4) is 0 Å². The maximum absolute atomic E-state index is 10.9. The molecule has 3 rings (SSSR count). The molecule has 2 aliphatic rings. The van der Waals surface area contributed by atoms with Crippen molar-refractivity contribution in [3.05, 3.63) is 35.4 Å². The molecule has 0 saturated carbocycles. The van der Waals surface area contributed by atoms with Gasteiger partial charge >= 0.3 is 0 Å². The molecule has 1 saturated heterocycles. The minimum atomic E-state index is -0.834. The van der Waals surface area contributed by atoms with Gasteiger partial charge in [0.05, 0.1) is 25.4 Å². The van der Waals surface area contributed by atoms with Crippen LogP contribution >= 0.6 is 0 Å². The summed E-state index contributed by atoms with van der Waals surface area (Å²) in [7, 11) is 0. The summed E-state index contributed by atoms with van der Waals surface area (Å²) in [5.74, 6) is 0.759. The second-order valence-electron chi connectivity index (χ2n) is 9.69. The molecule has 1 aromatic carbocycles. The number of rotatable bonds is 8. The van der Waals surface area contributed by atoms with E-state index in [2.05, 4.69) is 65.5 Å². The number of ether oxygens (including phenoxy) is 1. The van der Waals surface area contributed by atoms with Gasteiger partial charge in [0.2, 0.25) is 0 Å². The van der Waals surface area contributed by atoms with E-state index in [0.717, 1.165) is 58.3 Å². The monoisotopic (exact) mass is 431 g/mol. The normalized spacial score (nSPS) is 20.7. The van der Waals surface area contributed by atoms with E-state index >= 15 is 0 Å². The topological polar surface area (TPSA) is 72.4 Å². The van der Waals surface area contributed by atoms with Crippen molar-refractivity contribution in [2.24, 2.45) is 4.99 Å². The van der Waals surface area contributed by atoms with Crippen LogP contribution in [-0.2, 0) is 17.7 Å². The molecular formula is C24H41N5O2. The summed E-state index contributed by atoms with van der Waals surface area (Å²) < 4.78 is 5.41. The van der Waals surface area contributed by atoms with Crippen LogP contribution in [0.5, 0.6) is 0 Å². The van der Waals surface area contributed by atoms with Gasteiger partial charge in [-0.1, -0.05) is 24.3 Å². The van der Waals surface area contributed by atoms with E-state index < -0.39 is 5.60 Å². The summed E-state index contributed by atoms with van der Waals surface area (Å²) in [6.07, 6.45) is 1.09. The standard InChI is InChI=1S/C24H41N5O2/c1-5-25-22(27-18-24(4,30)19-28-12-14-31-15-13-28)26-17-23(2,3)29-11-10-20-8-6-7-9-21(20)16-29/h6-9,30H,5,10-19H2,1-4H3,(H2,25,26,27). The first kappa shape index (κ1) is 24.0. The van der Waals surface area contributed by atoms with Crippen molar-refractivity contribution in [1.82, 2.24) is 20.4 Å². The van der Waals surface area contributed by atoms with Crippen LogP contribution < -0.4 is 10.6 Å². The average Bonchev–Trinajstić information content (AvgIpc) is 2.76. The Morgan fingerprint density at radius 2 is 1.81 bits per heavy atom. The van der Waals surface area contributed by atoms with E-state index in [1.54, 1.807) is 0 Å². The Labute approximate surface area is 187 Å².